The van der Waals surface area contributed by atoms with Crippen molar-refractivity contribution in [2.75, 3.05) is 13.1 Å². The van der Waals surface area contributed by atoms with Crippen molar-refractivity contribution in [2.45, 2.75) is 18.8 Å². The minimum absolute atomic E-state index is 0.00852. The Hall–Kier alpha value is -2.47. The molecule has 1 saturated heterocycles. The van der Waals surface area contributed by atoms with Crippen LogP contribution in [-0.2, 0) is 11.2 Å². The lowest BCUT2D eigenvalue weighted by Crippen LogP contribution is -2.27. The van der Waals surface area contributed by atoms with Gasteiger partial charge in [-0.3, -0.25) is 4.79 Å². The summed E-state index contributed by atoms with van der Waals surface area (Å²) in [6, 6.07) is 13.9. The Bertz CT molecular complexity index is 814. The quantitative estimate of drug-likeness (QED) is 0.715. The zero-order valence-electron chi connectivity index (χ0n) is 13.1. The van der Waals surface area contributed by atoms with Gasteiger partial charge in [-0.25, -0.2) is 0 Å². The molecule has 0 aliphatic carbocycles. The number of benzene rings is 1. The third-order valence-electron chi connectivity index (χ3n) is 4.25. The van der Waals surface area contributed by atoms with E-state index < -0.39 is 0 Å². The van der Waals surface area contributed by atoms with Gasteiger partial charge in [-0.2, -0.15) is 4.98 Å². The first-order chi connectivity index (χ1) is 11.8. The van der Waals surface area contributed by atoms with E-state index in [1.54, 1.807) is 11.3 Å². The van der Waals surface area contributed by atoms with Gasteiger partial charge in [-0.1, -0.05) is 41.6 Å². The number of amides is 1. The first-order valence-corrected chi connectivity index (χ1v) is 8.87. The van der Waals surface area contributed by atoms with Crippen molar-refractivity contribution in [3.05, 3.63) is 58.6 Å². The Labute approximate surface area is 143 Å². The number of nitrogens with zero attached hydrogens (tertiary/aromatic N) is 3. The molecule has 122 valence electrons. The van der Waals surface area contributed by atoms with Crippen LogP contribution in [0.15, 0.2) is 52.4 Å². The normalized spacial score (nSPS) is 17.6. The van der Waals surface area contributed by atoms with Gasteiger partial charge < -0.3 is 9.42 Å². The number of hydrogen-bond donors (Lipinski definition) is 0. The number of rotatable bonds is 5. The summed E-state index contributed by atoms with van der Waals surface area (Å²) in [5.74, 6) is 1.29. The van der Waals surface area contributed by atoms with Gasteiger partial charge in [0.15, 0.2) is 0 Å². The second-order valence-corrected chi connectivity index (χ2v) is 6.92. The minimum Gasteiger partial charge on any atom is -0.342 e. The summed E-state index contributed by atoms with van der Waals surface area (Å²) < 4.78 is 5.41. The molecule has 4 rings (SSSR count). The van der Waals surface area contributed by atoms with Gasteiger partial charge in [0, 0.05) is 30.0 Å². The molecule has 2 aromatic heterocycles. The molecule has 3 aromatic rings. The van der Waals surface area contributed by atoms with E-state index in [1.807, 2.05) is 41.3 Å². The number of likely N-dealkylation sites (tertiary alicyclic amines) is 1. The molecule has 1 fully saturated rings. The molecular weight excluding hydrogens is 322 g/mol. The van der Waals surface area contributed by atoms with Crippen LogP contribution >= 0.6 is 11.3 Å². The molecule has 1 aromatic carbocycles. The second kappa shape index (κ2) is 6.57. The molecule has 0 N–H and O–H groups in total. The van der Waals surface area contributed by atoms with E-state index in [0.29, 0.717) is 24.7 Å². The summed E-state index contributed by atoms with van der Waals surface area (Å²) in [5, 5.41) is 6.12. The van der Waals surface area contributed by atoms with E-state index >= 15 is 0 Å². The van der Waals surface area contributed by atoms with Crippen LogP contribution in [0.4, 0.5) is 0 Å². The van der Waals surface area contributed by atoms with Gasteiger partial charge in [-0.15, -0.1) is 11.3 Å². The maximum absolute atomic E-state index is 12.2. The van der Waals surface area contributed by atoms with Crippen LogP contribution in [0.3, 0.4) is 0 Å². The maximum Gasteiger partial charge on any atom is 0.232 e. The van der Waals surface area contributed by atoms with Crippen molar-refractivity contribution in [1.29, 1.82) is 0 Å². The molecule has 1 aliphatic rings. The van der Waals surface area contributed by atoms with Crippen molar-refractivity contribution < 1.29 is 9.32 Å². The SMILES string of the molecule is O=C1CC(c2nc(-c3ccccc3)no2)CN1CCc1cccs1. The first-order valence-electron chi connectivity index (χ1n) is 7.99. The highest BCUT2D eigenvalue weighted by Crippen LogP contribution is 2.28. The highest BCUT2D eigenvalue weighted by molar-refractivity contribution is 7.09. The van der Waals surface area contributed by atoms with Crippen LogP contribution < -0.4 is 0 Å². The van der Waals surface area contributed by atoms with Gasteiger partial charge in [0.05, 0.1) is 5.92 Å². The number of thiophene rings is 1. The van der Waals surface area contributed by atoms with E-state index in [0.717, 1.165) is 18.5 Å². The third-order valence-corrected chi connectivity index (χ3v) is 5.18. The molecule has 0 radical (unpaired) electrons. The fourth-order valence-corrected chi connectivity index (χ4v) is 3.66. The lowest BCUT2D eigenvalue weighted by Gasteiger charge is -2.15. The lowest BCUT2D eigenvalue weighted by molar-refractivity contribution is -0.127. The van der Waals surface area contributed by atoms with Crippen LogP contribution in [-0.4, -0.2) is 34.0 Å². The van der Waals surface area contributed by atoms with E-state index in [9.17, 15) is 4.79 Å². The summed E-state index contributed by atoms with van der Waals surface area (Å²) in [7, 11) is 0. The molecule has 1 amide bonds. The fraction of sp³-hybridized carbons (Fsp3) is 0.278. The average Bonchev–Trinajstić information content (AvgIpc) is 3.35. The topological polar surface area (TPSA) is 59.2 Å². The predicted octanol–water partition coefficient (Wildman–Crippen LogP) is 3.36. The van der Waals surface area contributed by atoms with Crippen molar-refractivity contribution in [2.24, 2.45) is 0 Å². The Morgan fingerprint density at radius 2 is 2.08 bits per heavy atom. The predicted molar refractivity (Wildman–Crippen MR) is 91.7 cm³/mol. The highest BCUT2D eigenvalue weighted by Gasteiger charge is 2.34. The first kappa shape index (κ1) is 15.1. The second-order valence-electron chi connectivity index (χ2n) is 5.89. The van der Waals surface area contributed by atoms with Crippen molar-refractivity contribution >= 4 is 17.2 Å². The molecule has 1 atom stereocenters. The van der Waals surface area contributed by atoms with E-state index in [4.69, 9.17) is 4.52 Å². The van der Waals surface area contributed by atoms with Crippen LogP contribution in [0, 0.1) is 0 Å². The Morgan fingerprint density at radius 1 is 1.21 bits per heavy atom. The molecule has 1 unspecified atom stereocenters. The van der Waals surface area contributed by atoms with Crippen LogP contribution in [0.2, 0.25) is 0 Å². The van der Waals surface area contributed by atoms with Gasteiger partial charge in [0.1, 0.15) is 0 Å². The van der Waals surface area contributed by atoms with Gasteiger partial charge in [0.2, 0.25) is 17.6 Å². The van der Waals surface area contributed by atoms with E-state index in [1.165, 1.54) is 4.88 Å². The average molecular weight is 339 g/mol. The summed E-state index contributed by atoms with van der Waals surface area (Å²) in [5.41, 5.74) is 0.923. The Balaban J connectivity index is 1.42. The highest BCUT2D eigenvalue weighted by atomic mass is 32.1. The molecule has 6 heteroatoms. The summed E-state index contributed by atoms with van der Waals surface area (Å²) in [6.45, 7) is 1.40. The number of carbonyl (C=O) groups excluding carboxylic acids is 1. The molecule has 0 bridgehead atoms. The Morgan fingerprint density at radius 3 is 2.88 bits per heavy atom. The lowest BCUT2D eigenvalue weighted by atomic mass is 10.1. The van der Waals surface area contributed by atoms with Crippen LogP contribution in [0.5, 0.6) is 0 Å². The molecular formula is C18H17N3O2S. The number of aromatic nitrogens is 2. The zero-order valence-corrected chi connectivity index (χ0v) is 13.9. The third kappa shape index (κ3) is 3.10. The summed E-state index contributed by atoms with van der Waals surface area (Å²) >= 11 is 1.73. The van der Waals surface area contributed by atoms with Gasteiger partial charge >= 0.3 is 0 Å². The van der Waals surface area contributed by atoms with E-state index in [2.05, 4.69) is 21.6 Å². The zero-order chi connectivity index (χ0) is 16.4. The fourth-order valence-electron chi connectivity index (χ4n) is 2.96. The maximum atomic E-state index is 12.2. The smallest absolute Gasteiger partial charge is 0.232 e. The van der Waals surface area contributed by atoms with Crippen molar-refractivity contribution in [1.82, 2.24) is 15.0 Å². The monoisotopic (exact) mass is 339 g/mol. The molecule has 5 nitrogen and oxygen atoms in total. The molecule has 0 saturated carbocycles. The summed E-state index contributed by atoms with van der Waals surface area (Å²) in [6.07, 6.45) is 1.34. The van der Waals surface area contributed by atoms with Crippen molar-refractivity contribution in [3.63, 3.8) is 0 Å². The molecule has 3 heterocycles. The van der Waals surface area contributed by atoms with Crippen LogP contribution in [0.1, 0.15) is 23.1 Å². The standard InChI is InChI=1S/C18H17N3O2S/c22-16-11-14(12-21(16)9-8-15-7-4-10-24-15)18-19-17(20-23-18)13-5-2-1-3-6-13/h1-7,10,14H,8-9,11-12H2. The Kier molecular flexibility index (Phi) is 4.13. The van der Waals surface area contributed by atoms with E-state index in [-0.39, 0.29) is 11.8 Å². The summed E-state index contributed by atoms with van der Waals surface area (Å²) in [4.78, 5) is 19.9. The molecule has 24 heavy (non-hydrogen) atoms. The minimum atomic E-state index is -0.00852. The van der Waals surface area contributed by atoms with Crippen molar-refractivity contribution in [3.8, 4) is 11.4 Å². The van der Waals surface area contributed by atoms with Crippen LogP contribution in [0.25, 0.3) is 11.4 Å². The molecule has 1 aliphatic heterocycles. The number of hydrogen-bond acceptors (Lipinski definition) is 5. The largest absolute Gasteiger partial charge is 0.342 e. The number of carbonyl (C=O) groups is 1. The molecule has 0 spiro atoms. The van der Waals surface area contributed by atoms with Gasteiger partial charge in [0.25, 0.3) is 0 Å². The van der Waals surface area contributed by atoms with Gasteiger partial charge in [-0.05, 0) is 17.9 Å².